The molecule has 5 heteroatoms. The summed E-state index contributed by atoms with van der Waals surface area (Å²) in [6.07, 6.45) is 3.36. The maximum atomic E-state index is 11.9. The molecule has 1 fully saturated rings. The van der Waals surface area contributed by atoms with Gasteiger partial charge in [0.15, 0.2) is 0 Å². The molecule has 19 heavy (non-hydrogen) atoms. The molecule has 0 aromatic rings. The molecule has 0 aromatic carbocycles. The van der Waals surface area contributed by atoms with Crippen LogP contribution in [0.25, 0.3) is 0 Å². The summed E-state index contributed by atoms with van der Waals surface area (Å²) in [5, 5.41) is 8.50. The van der Waals surface area contributed by atoms with Crippen LogP contribution in [-0.2, 0) is 9.53 Å². The van der Waals surface area contributed by atoms with Crippen molar-refractivity contribution in [3.8, 4) is 6.07 Å². The van der Waals surface area contributed by atoms with Gasteiger partial charge in [0.1, 0.15) is 0 Å². The highest BCUT2D eigenvalue weighted by Crippen LogP contribution is 2.16. The average Bonchev–Trinajstić information content (AvgIpc) is 2.43. The van der Waals surface area contributed by atoms with E-state index in [0.717, 1.165) is 26.2 Å². The smallest absolute Gasteiger partial charge is 0.223 e. The Kier molecular flexibility index (Phi) is 7.46. The number of carbonyl (C=O) groups excluding carboxylic acids is 1. The highest BCUT2D eigenvalue weighted by molar-refractivity contribution is 5.76. The Balaban J connectivity index is 2.24. The SMILES string of the molecule is COCC1CCCN(CCC(=O)N(C)CCC#N)C1. The van der Waals surface area contributed by atoms with Gasteiger partial charge in [-0.15, -0.1) is 0 Å². The van der Waals surface area contributed by atoms with Crippen molar-refractivity contribution in [2.45, 2.75) is 25.7 Å². The summed E-state index contributed by atoms with van der Waals surface area (Å²) in [7, 11) is 3.51. The lowest BCUT2D eigenvalue weighted by atomic mass is 9.99. The van der Waals surface area contributed by atoms with Crippen molar-refractivity contribution in [2.24, 2.45) is 5.92 Å². The van der Waals surface area contributed by atoms with E-state index in [9.17, 15) is 4.79 Å². The van der Waals surface area contributed by atoms with Crippen molar-refractivity contribution >= 4 is 5.91 Å². The molecule has 1 aliphatic heterocycles. The van der Waals surface area contributed by atoms with Crippen LogP contribution in [-0.4, -0.2) is 62.7 Å². The van der Waals surface area contributed by atoms with Crippen molar-refractivity contribution < 1.29 is 9.53 Å². The lowest BCUT2D eigenvalue weighted by molar-refractivity contribution is -0.130. The molecule has 1 amide bonds. The minimum atomic E-state index is 0.129. The first-order valence-corrected chi connectivity index (χ1v) is 6.99. The molecule has 5 nitrogen and oxygen atoms in total. The van der Waals surface area contributed by atoms with Gasteiger partial charge in [0, 0.05) is 40.2 Å². The summed E-state index contributed by atoms with van der Waals surface area (Å²) >= 11 is 0. The second-order valence-corrected chi connectivity index (χ2v) is 5.24. The van der Waals surface area contributed by atoms with E-state index in [1.807, 2.05) is 0 Å². The average molecular weight is 267 g/mol. The van der Waals surface area contributed by atoms with Gasteiger partial charge in [-0.05, 0) is 25.3 Å². The fourth-order valence-electron chi connectivity index (χ4n) is 2.51. The van der Waals surface area contributed by atoms with Gasteiger partial charge >= 0.3 is 0 Å². The van der Waals surface area contributed by atoms with E-state index in [4.69, 9.17) is 10.00 Å². The predicted octanol–water partition coefficient (Wildman–Crippen LogP) is 1.11. The van der Waals surface area contributed by atoms with E-state index in [-0.39, 0.29) is 5.91 Å². The maximum absolute atomic E-state index is 11.9. The van der Waals surface area contributed by atoms with Crippen LogP contribution in [0.4, 0.5) is 0 Å². The summed E-state index contributed by atoms with van der Waals surface area (Å²) in [6.45, 7) is 4.27. The fourth-order valence-corrected chi connectivity index (χ4v) is 2.51. The third-order valence-corrected chi connectivity index (χ3v) is 3.63. The highest BCUT2D eigenvalue weighted by Gasteiger charge is 2.20. The zero-order valence-corrected chi connectivity index (χ0v) is 12.1. The monoisotopic (exact) mass is 267 g/mol. The third-order valence-electron chi connectivity index (χ3n) is 3.63. The molecule has 1 unspecified atom stereocenters. The number of amides is 1. The Morgan fingerprint density at radius 2 is 2.37 bits per heavy atom. The number of likely N-dealkylation sites (tertiary alicyclic amines) is 1. The van der Waals surface area contributed by atoms with Gasteiger partial charge in [0.2, 0.25) is 5.91 Å². The summed E-state index contributed by atoms with van der Waals surface area (Å²) in [5.74, 6) is 0.731. The predicted molar refractivity (Wildman–Crippen MR) is 73.5 cm³/mol. The molecular formula is C14H25N3O2. The van der Waals surface area contributed by atoms with Crippen LogP contribution in [0.3, 0.4) is 0 Å². The van der Waals surface area contributed by atoms with Crippen molar-refractivity contribution in [1.82, 2.24) is 9.80 Å². The first kappa shape index (κ1) is 15.9. The Hall–Kier alpha value is -1.12. The number of nitriles is 1. The molecule has 0 bridgehead atoms. The van der Waals surface area contributed by atoms with Crippen LogP contribution in [0.15, 0.2) is 0 Å². The van der Waals surface area contributed by atoms with E-state index in [1.165, 1.54) is 12.8 Å². The Morgan fingerprint density at radius 1 is 1.58 bits per heavy atom. The lowest BCUT2D eigenvalue weighted by Crippen LogP contribution is -2.39. The number of methoxy groups -OCH3 is 1. The first-order valence-electron chi connectivity index (χ1n) is 6.99. The molecule has 0 saturated carbocycles. The summed E-state index contributed by atoms with van der Waals surface area (Å²) in [6, 6.07) is 2.06. The van der Waals surface area contributed by atoms with Gasteiger partial charge in [-0.3, -0.25) is 4.79 Å². The van der Waals surface area contributed by atoms with Crippen LogP contribution in [0.1, 0.15) is 25.7 Å². The quantitative estimate of drug-likeness (QED) is 0.693. The topological polar surface area (TPSA) is 56.6 Å². The highest BCUT2D eigenvalue weighted by atomic mass is 16.5. The van der Waals surface area contributed by atoms with Gasteiger partial charge in [-0.2, -0.15) is 5.26 Å². The van der Waals surface area contributed by atoms with E-state index >= 15 is 0 Å². The summed E-state index contributed by atoms with van der Waals surface area (Å²) in [4.78, 5) is 15.9. The van der Waals surface area contributed by atoms with Crippen molar-refractivity contribution in [3.63, 3.8) is 0 Å². The van der Waals surface area contributed by atoms with E-state index in [2.05, 4.69) is 11.0 Å². The van der Waals surface area contributed by atoms with Crippen molar-refractivity contribution in [3.05, 3.63) is 0 Å². The largest absolute Gasteiger partial charge is 0.384 e. The molecule has 1 aliphatic rings. The lowest BCUT2D eigenvalue weighted by Gasteiger charge is -2.32. The number of rotatable bonds is 7. The minimum absolute atomic E-state index is 0.129. The molecule has 1 atom stereocenters. The van der Waals surface area contributed by atoms with Crippen LogP contribution in [0.2, 0.25) is 0 Å². The van der Waals surface area contributed by atoms with Gasteiger partial charge in [0.25, 0.3) is 0 Å². The van der Waals surface area contributed by atoms with Gasteiger partial charge in [0.05, 0.1) is 19.1 Å². The zero-order chi connectivity index (χ0) is 14.1. The molecule has 1 heterocycles. The maximum Gasteiger partial charge on any atom is 0.223 e. The van der Waals surface area contributed by atoms with E-state index in [1.54, 1.807) is 19.1 Å². The Labute approximate surface area is 116 Å². The zero-order valence-electron chi connectivity index (χ0n) is 12.1. The van der Waals surface area contributed by atoms with Gasteiger partial charge in [-0.25, -0.2) is 0 Å². The molecule has 0 radical (unpaired) electrons. The molecular weight excluding hydrogens is 242 g/mol. The summed E-state index contributed by atoms with van der Waals surface area (Å²) < 4.78 is 5.21. The third kappa shape index (κ3) is 6.04. The second kappa shape index (κ2) is 8.89. The number of piperidine rings is 1. The minimum Gasteiger partial charge on any atom is -0.384 e. The van der Waals surface area contributed by atoms with Crippen LogP contribution in [0.5, 0.6) is 0 Å². The molecule has 1 saturated heterocycles. The number of ether oxygens (including phenoxy) is 1. The number of hydrogen-bond donors (Lipinski definition) is 0. The number of carbonyl (C=O) groups is 1. The molecule has 0 aromatic heterocycles. The fraction of sp³-hybridized carbons (Fsp3) is 0.857. The molecule has 1 rings (SSSR count). The normalized spacial score (nSPS) is 19.9. The van der Waals surface area contributed by atoms with E-state index in [0.29, 0.717) is 25.3 Å². The molecule has 0 aliphatic carbocycles. The molecule has 0 N–H and O–H groups in total. The van der Waals surface area contributed by atoms with Crippen molar-refractivity contribution in [2.75, 3.05) is 46.9 Å². The summed E-state index contributed by atoms with van der Waals surface area (Å²) in [5.41, 5.74) is 0. The van der Waals surface area contributed by atoms with Gasteiger partial charge < -0.3 is 14.5 Å². The van der Waals surface area contributed by atoms with Crippen LogP contribution >= 0.6 is 0 Å². The van der Waals surface area contributed by atoms with Gasteiger partial charge in [-0.1, -0.05) is 0 Å². The van der Waals surface area contributed by atoms with E-state index < -0.39 is 0 Å². The second-order valence-electron chi connectivity index (χ2n) is 5.24. The number of hydrogen-bond acceptors (Lipinski definition) is 4. The molecule has 0 spiro atoms. The van der Waals surface area contributed by atoms with Crippen molar-refractivity contribution in [1.29, 1.82) is 5.26 Å². The number of nitrogens with zero attached hydrogens (tertiary/aromatic N) is 3. The van der Waals surface area contributed by atoms with Crippen LogP contribution in [0, 0.1) is 17.2 Å². The Bertz CT molecular complexity index is 312. The first-order chi connectivity index (χ1) is 9.17. The van der Waals surface area contributed by atoms with Crippen LogP contribution < -0.4 is 0 Å². The Morgan fingerprint density at radius 3 is 3.05 bits per heavy atom. The molecule has 108 valence electrons. The standard InChI is InChI=1S/C14H25N3O2/c1-16(8-4-7-15)14(18)6-10-17-9-3-5-13(11-17)12-19-2/h13H,3-6,8-12H2,1-2H3.